The molecule has 0 atom stereocenters. The largest absolute Gasteiger partial charge is 0.388 e. The number of hydrogen-bond acceptors (Lipinski definition) is 4. The number of anilines is 2. The number of sulfonamides is 1. The maximum Gasteiger partial charge on any atom is 0.265 e. The van der Waals surface area contributed by atoms with Crippen LogP contribution < -0.4 is 15.8 Å². The molecule has 2 rings (SSSR count). The molecule has 7 nitrogen and oxygen atoms in total. The van der Waals surface area contributed by atoms with Crippen LogP contribution in [0, 0.1) is 0 Å². The lowest BCUT2D eigenvalue weighted by atomic mass is 10.3. The lowest BCUT2D eigenvalue weighted by Crippen LogP contribution is -2.14. The molecule has 1 heterocycles. The molecule has 0 saturated heterocycles. The van der Waals surface area contributed by atoms with Crippen LogP contribution in [0.25, 0.3) is 0 Å². The minimum Gasteiger partial charge on any atom is -0.388 e. The SMILES string of the molecule is CNc1ccc(NS(=O)(=O)c2cc(C(N)=O)n(C)c2)cc1. The van der Waals surface area contributed by atoms with E-state index in [0.29, 0.717) is 5.69 Å². The van der Waals surface area contributed by atoms with Crippen LogP contribution in [0.2, 0.25) is 0 Å². The van der Waals surface area contributed by atoms with E-state index in [9.17, 15) is 13.2 Å². The molecule has 0 radical (unpaired) electrons. The van der Waals surface area contributed by atoms with E-state index in [0.717, 1.165) is 5.69 Å². The van der Waals surface area contributed by atoms with E-state index in [1.807, 2.05) is 0 Å². The quantitative estimate of drug-likeness (QED) is 0.765. The molecule has 0 aliphatic heterocycles. The number of carbonyl (C=O) groups is 1. The number of amides is 1. The number of nitrogens with zero attached hydrogens (tertiary/aromatic N) is 1. The summed E-state index contributed by atoms with van der Waals surface area (Å²) in [6.45, 7) is 0. The number of benzene rings is 1. The third-order valence-corrected chi connectivity index (χ3v) is 4.32. The van der Waals surface area contributed by atoms with Crippen LogP contribution >= 0.6 is 0 Å². The zero-order chi connectivity index (χ0) is 15.6. The third-order valence-electron chi connectivity index (χ3n) is 2.97. The second kappa shape index (κ2) is 5.49. The Morgan fingerprint density at radius 1 is 1.19 bits per heavy atom. The van der Waals surface area contributed by atoms with Crippen LogP contribution in [0.15, 0.2) is 41.4 Å². The Hall–Kier alpha value is -2.48. The van der Waals surface area contributed by atoms with E-state index < -0.39 is 15.9 Å². The summed E-state index contributed by atoms with van der Waals surface area (Å²) in [4.78, 5) is 11.2. The monoisotopic (exact) mass is 308 g/mol. The molecule has 0 aliphatic rings. The van der Waals surface area contributed by atoms with Gasteiger partial charge in [-0.05, 0) is 30.3 Å². The van der Waals surface area contributed by atoms with Crippen molar-refractivity contribution in [3.63, 3.8) is 0 Å². The zero-order valence-corrected chi connectivity index (χ0v) is 12.4. The number of nitrogens with two attached hydrogens (primary N) is 1. The highest BCUT2D eigenvalue weighted by Crippen LogP contribution is 2.19. The topological polar surface area (TPSA) is 106 Å². The lowest BCUT2D eigenvalue weighted by molar-refractivity contribution is 0.0992. The van der Waals surface area contributed by atoms with Crippen molar-refractivity contribution in [2.45, 2.75) is 4.90 Å². The number of hydrogen-bond donors (Lipinski definition) is 3. The molecule has 2 aromatic rings. The van der Waals surface area contributed by atoms with Gasteiger partial charge in [0.05, 0.1) is 0 Å². The third kappa shape index (κ3) is 3.16. The normalized spacial score (nSPS) is 11.1. The maximum atomic E-state index is 12.3. The van der Waals surface area contributed by atoms with Gasteiger partial charge in [-0.2, -0.15) is 0 Å². The Bertz CT molecular complexity index is 763. The molecule has 0 bridgehead atoms. The Labute approximate surface area is 122 Å². The number of nitrogens with one attached hydrogen (secondary N) is 2. The average molecular weight is 308 g/mol. The first-order valence-electron chi connectivity index (χ1n) is 6.10. The van der Waals surface area contributed by atoms with E-state index in [-0.39, 0.29) is 10.6 Å². The first-order chi connectivity index (χ1) is 9.83. The van der Waals surface area contributed by atoms with Crippen molar-refractivity contribution < 1.29 is 13.2 Å². The predicted molar refractivity (Wildman–Crippen MR) is 80.7 cm³/mol. The van der Waals surface area contributed by atoms with Crippen LogP contribution in [-0.2, 0) is 17.1 Å². The second-order valence-electron chi connectivity index (χ2n) is 4.47. The summed E-state index contributed by atoms with van der Waals surface area (Å²) in [7, 11) is -0.438. The number of aromatic nitrogens is 1. The molecule has 0 fully saturated rings. The molecule has 0 unspecified atom stereocenters. The predicted octanol–water partition coefficient (Wildman–Crippen LogP) is 0.966. The molecule has 0 spiro atoms. The van der Waals surface area contributed by atoms with Gasteiger partial charge in [-0.25, -0.2) is 8.42 Å². The summed E-state index contributed by atoms with van der Waals surface area (Å²) >= 11 is 0. The van der Waals surface area contributed by atoms with Crippen molar-refractivity contribution in [2.75, 3.05) is 17.1 Å². The molecule has 4 N–H and O–H groups in total. The molecule has 1 aromatic heterocycles. The van der Waals surface area contributed by atoms with Crippen molar-refractivity contribution in [2.24, 2.45) is 12.8 Å². The van der Waals surface area contributed by atoms with Crippen molar-refractivity contribution in [1.29, 1.82) is 0 Å². The Morgan fingerprint density at radius 3 is 2.24 bits per heavy atom. The number of rotatable bonds is 5. The summed E-state index contributed by atoms with van der Waals surface area (Å²) in [6, 6.07) is 8.02. The molecule has 21 heavy (non-hydrogen) atoms. The standard InChI is InChI=1S/C13H16N4O3S/c1-15-9-3-5-10(6-4-9)16-21(19,20)11-7-12(13(14)18)17(2)8-11/h3-8,15-16H,1-2H3,(H2,14,18). The van der Waals surface area contributed by atoms with Crippen molar-refractivity contribution in [3.8, 4) is 0 Å². The van der Waals surface area contributed by atoms with Crippen molar-refractivity contribution in [3.05, 3.63) is 42.2 Å². The molecule has 0 saturated carbocycles. The molecular weight excluding hydrogens is 292 g/mol. The van der Waals surface area contributed by atoms with Gasteiger partial charge in [0.2, 0.25) is 0 Å². The fraction of sp³-hybridized carbons (Fsp3) is 0.154. The summed E-state index contributed by atoms with van der Waals surface area (Å²) in [6.07, 6.45) is 1.34. The first kappa shape index (κ1) is 14.9. The first-order valence-corrected chi connectivity index (χ1v) is 7.58. The van der Waals surface area contributed by atoms with Gasteiger partial charge in [0.1, 0.15) is 10.6 Å². The molecule has 1 amide bonds. The Kier molecular flexibility index (Phi) is 3.90. The van der Waals surface area contributed by atoms with E-state index in [1.165, 1.54) is 16.8 Å². The van der Waals surface area contributed by atoms with Gasteiger partial charge >= 0.3 is 0 Å². The summed E-state index contributed by atoms with van der Waals surface area (Å²) in [5.74, 6) is -0.683. The Balaban J connectivity index is 2.29. The minimum absolute atomic E-state index is 0.0171. The van der Waals surface area contributed by atoms with Crippen LogP contribution in [0.3, 0.4) is 0 Å². The summed E-state index contributed by atoms with van der Waals surface area (Å²) in [5.41, 5.74) is 6.60. The van der Waals surface area contributed by atoms with E-state index >= 15 is 0 Å². The molecule has 1 aromatic carbocycles. The highest BCUT2D eigenvalue weighted by Gasteiger charge is 2.19. The van der Waals surface area contributed by atoms with Crippen LogP contribution in [0.5, 0.6) is 0 Å². The van der Waals surface area contributed by atoms with Gasteiger partial charge in [-0.3, -0.25) is 9.52 Å². The summed E-state index contributed by atoms with van der Waals surface area (Å²) in [5, 5.41) is 2.94. The van der Waals surface area contributed by atoms with Gasteiger partial charge in [-0.15, -0.1) is 0 Å². The van der Waals surface area contributed by atoms with Crippen LogP contribution in [0.1, 0.15) is 10.5 Å². The Morgan fingerprint density at radius 2 is 1.76 bits per heavy atom. The maximum absolute atomic E-state index is 12.3. The number of aryl methyl sites for hydroxylation is 1. The molecular formula is C13H16N4O3S. The van der Waals surface area contributed by atoms with Crippen LogP contribution in [0.4, 0.5) is 11.4 Å². The smallest absolute Gasteiger partial charge is 0.265 e. The van der Waals surface area contributed by atoms with Gasteiger partial charge in [0.25, 0.3) is 15.9 Å². The minimum atomic E-state index is -3.77. The molecule has 112 valence electrons. The second-order valence-corrected chi connectivity index (χ2v) is 6.15. The van der Waals surface area contributed by atoms with Gasteiger partial charge in [0.15, 0.2) is 0 Å². The fourth-order valence-corrected chi connectivity index (χ4v) is 2.97. The highest BCUT2D eigenvalue weighted by atomic mass is 32.2. The highest BCUT2D eigenvalue weighted by molar-refractivity contribution is 7.92. The summed E-state index contributed by atoms with van der Waals surface area (Å²) < 4.78 is 28.3. The van der Waals surface area contributed by atoms with Crippen molar-refractivity contribution in [1.82, 2.24) is 4.57 Å². The van der Waals surface area contributed by atoms with Crippen LogP contribution in [-0.4, -0.2) is 25.9 Å². The average Bonchev–Trinajstić information content (AvgIpc) is 2.82. The van der Waals surface area contributed by atoms with Crippen molar-refractivity contribution >= 4 is 27.3 Å². The fourth-order valence-electron chi connectivity index (χ4n) is 1.85. The van der Waals surface area contributed by atoms with Gasteiger partial charge < -0.3 is 15.6 Å². The number of primary amides is 1. The molecule has 0 aliphatic carbocycles. The van der Waals surface area contributed by atoms with E-state index in [1.54, 1.807) is 38.4 Å². The molecule has 8 heteroatoms. The van der Waals surface area contributed by atoms with Gasteiger partial charge in [0, 0.05) is 31.7 Å². The zero-order valence-electron chi connectivity index (χ0n) is 11.6. The van der Waals surface area contributed by atoms with E-state index in [2.05, 4.69) is 10.0 Å². The van der Waals surface area contributed by atoms with E-state index in [4.69, 9.17) is 5.73 Å². The lowest BCUT2D eigenvalue weighted by Gasteiger charge is -2.07. The van der Waals surface area contributed by atoms with Gasteiger partial charge in [-0.1, -0.05) is 0 Å². The number of carbonyl (C=O) groups excluding carboxylic acids is 1.